The lowest BCUT2D eigenvalue weighted by Gasteiger charge is -2.14. The van der Waals surface area contributed by atoms with Crippen LogP contribution < -0.4 is 0 Å². The molecule has 0 amide bonds. The number of rotatable bonds is 5. The van der Waals surface area contributed by atoms with Crippen molar-refractivity contribution < 1.29 is 9.90 Å². The van der Waals surface area contributed by atoms with Gasteiger partial charge in [-0.3, -0.25) is 4.79 Å². The summed E-state index contributed by atoms with van der Waals surface area (Å²) in [5, 5.41) is 9.10. The quantitative estimate of drug-likeness (QED) is 0.841. The van der Waals surface area contributed by atoms with Crippen LogP contribution in [-0.2, 0) is 4.79 Å². The molecule has 104 valence electrons. The number of hydrogen-bond acceptors (Lipinski definition) is 3. The molecular formula is C15H21NO2S. The molecular weight excluding hydrogens is 258 g/mol. The topological polar surface area (TPSA) is 40.5 Å². The van der Waals surface area contributed by atoms with E-state index in [9.17, 15) is 4.79 Å². The third kappa shape index (κ3) is 3.98. The van der Waals surface area contributed by atoms with Gasteiger partial charge >= 0.3 is 5.97 Å². The van der Waals surface area contributed by atoms with Crippen LogP contribution in [0, 0.1) is 18.8 Å². The number of aryl methyl sites for hydroxylation is 1. The molecule has 19 heavy (non-hydrogen) atoms. The molecule has 0 unspecified atom stereocenters. The smallest absolute Gasteiger partial charge is 0.308 e. The van der Waals surface area contributed by atoms with Crippen LogP contribution in [0.4, 0.5) is 0 Å². The molecule has 1 saturated heterocycles. The van der Waals surface area contributed by atoms with Crippen molar-refractivity contribution in [3.05, 3.63) is 29.8 Å². The Bertz CT molecular complexity index is 432. The summed E-state index contributed by atoms with van der Waals surface area (Å²) in [6.45, 7) is 6.70. The number of likely N-dealkylation sites (tertiary alicyclic amines) is 1. The fraction of sp³-hybridized carbons (Fsp3) is 0.533. The van der Waals surface area contributed by atoms with Gasteiger partial charge in [0.25, 0.3) is 0 Å². The first-order chi connectivity index (χ1) is 9.06. The highest BCUT2D eigenvalue weighted by atomic mass is 32.2. The maximum absolute atomic E-state index is 11.1. The summed E-state index contributed by atoms with van der Waals surface area (Å²) >= 11 is 1.84. The van der Waals surface area contributed by atoms with Crippen LogP contribution in [0.2, 0.25) is 0 Å². The Morgan fingerprint density at radius 3 is 2.63 bits per heavy atom. The van der Waals surface area contributed by atoms with Crippen LogP contribution in [0.15, 0.2) is 29.2 Å². The molecule has 1 N–H and O–H groups in total. The third-order valence-electron chi connectivity index (χ3n) is 3.70. The van der Waals surface area contributed by atoms with Crippen LogP contribution in [-0.4, -0.2) is 41.4 Å². The lowest BCUT2D eigenvalue weighted by molar-refractivity contribution is -0.142. The van der Waals surface area contributed by atoms with Gasteiger partial charge in [-0.05, 0) is 25.0 Å². The van der Waals surface area contributed by atoms with Crippen molar-refractivity contribution in [3.63, 3.8) is 0 Å². The van der Waals surface area contributed by atoms with Gasteiger partial charge in [0, 0.05) is 30.3 Å². The van der Waals surface area contributed by atoms with E-state index in [4.69, 9.17) is 5.11 Å². The Balaban J connectivity index is 1.75. The van der Waals surface area contributed by atoms with Crippen molar-refractivity contribution in [2.45, 2.75) is 18.7 Å². The second-order valence-electron chi connectivity index (χ2n) is 5.34. The molecule has 1 heterocycles. The van der Waals surface area contributed by atoms with Crippen LogP contribution in [0.25, 0.3) is 0 Å². The normalized spacial score (nSPS) is 23.7. The summed E-state index contributed by atoms with van der Waals surface area (Å²) in [5.41, 5.74) is 1.28. The Labute approximate surface area is 119 Å². The van der Waals surface area contributed by atoms with Crippen LogP contribution in [0.3, 0.4) is 0 Å². The molecule has 0 spiro atoms. The largest absolute Gasteiger partial charge is 0.481 e. The van der Waals surface area contributed by atoms with Crippen LogP contribution in [0.1, 0.15) is 12.5 Å². The van der Waals surface area contributed by atoms with E-state index in [0.29, 0.717) is 6.54 Å². The van der Waals surface area contributed by atoms with E-state index in [2.05, 4.69) is 36.1 Å². The maximum atomic E-state index is 11.1. The molecule has 2 rings (SSSR count). The number of carboxylic acids is 1. The predicted octanol–water partition coefficient (Wildman–Crippen LogP) is 2.74. The van der Waals surface area contributed by atoms with Gasteiger partial charge < -0.3 is 10.0 Å². The monoisotopic (exact) mass is 279 g/mol. The van der Waals surface area contributed by atoms with Crippen molar-refractivity contribution in [2.24, 2.45) is 11.8 Å². The molecule has 1 aromatic rings. The van der Waals surface area contributed by atoms with Gasteiger partial charge in [0.1, 0.15) is 0 Å². The van der Waals surface area contributed by atoms with Crippen LogP contribution >= 0.6 is 11.8 Å². The summed E-state index contributed by atoms with van der Waals surface area (Å²) in [6.07, 6.45) is 0. The molecule has 4 heteroatoms. The van der Waals surface area contributed by atoms with E-state index >= 15 is 0 Å². The van der Waals surface area contributed by atoms with Gasteiger partial charge in [-0.2, -0.15) is 0 Å². The SMILES string of the molecule is Cc1ccc(SCCN2C[C@@H](C)[C@H](C(=O)O)C2)cc1. The van der Waals surface area contributed by atoms with Gasteiger partial charge in [-0.15, -0.1) is 11.8 Å². The summed E-state index contributed by atoms with van der Waals surface area (Å²) in [5.74, 6) is 0.440. The predicted molar refractivity (Wildman–Crippen MR) is 78.6 cm³/mol. The van der Waals surface area contributed by atoms with Gasteiger partial charge in [0.2, 0.25) is 0 Å². The number of aliphatic carboxylic acids is 1. The summed E-state index contributed by atoms with van der Waals surface area (Å²) in [6, 6.07) is 8.54. The molecule has 1 aliphatic heterocycles. The lowest BCUT2D eigenvalue weighted by atomic mass is 9.99. The van der Waals surface area contributed by atoms with E-state index in [1.165, 1.54) is 10.5 Å². The Morgan fingerprint density at radius 2 is 2.05 bits per heavy atom. The average Bonchev–Trinajstić information content (AvgIpc) is 2.73. The van der Waals surface area contributed by atoms with E-state index in [1.807, 2.05) is 18.7 Å². The minimum Gasteiger partial charge on any atom is -0.481 e. The molecule has 2 atom stereocenters. The van der Waals surface area contributed by atoms with Crippen LogP contribution in [0.5, 0.6) is 0 Å². The molecule has 0 aliphatic carbocycles. The van der Waals surface area contributed by atoms with Crippen molar-refractivity contribution in [1.82, 2.24) is 4.90 Å². The maximum Gasteiger partial charge on any atom is 0.308 e. The highest BCUT2D eigenvalue weighted by Gasteiger charge is 2.34. The number of nitrogens with zero attached hydrogens (tertiary/aromatic N) is 1. The van der Waals surface area contributed by atoms with Gasteiger partial charge in [0.15, 0.2) is 0 Å². The Kier molecular flexibility index (Phi) is 4.88. The van der Waals surface area contributed by atoms with Gasteiger partial charge in [0.05, 0.1) is 5.92 Å². The molecule has 0 bridgehead atoms. The van der Waals surface area contributed by atoms with E-state index < -0.39 is 5.97 Å². The van der Waals surface area contributed by atoms with E-state index in [1.54, 1.807) is 0 Å². The molecule has 1 fully saturated rings. The fourth-order valence-electron chi connectivity index (χ4n) is 2.50. The first kappa shape index (κ1) is 14.4. The van der Waals surface area contributed by atoms with E-state index in [0.717, 1.165) is 18.8 Å². The van der Waals surface area contributed by atoms with Gasteiger partial charge in [-0.25, -0.2) is 0 Å². The molecule has 0 aromatic heterocycles. The first-order valence-corrected chi connectivity index (χ1v) is 7.69. The second kappa shape index (κ2) is 6.44. The summed E-state index contributed by atoms with van der Waals surface area (Å²) in [4.78, 5) is 14.6. The highest BCUT2D eigenvalue weighted by molar-refractivity contribution is 7.99. The first-order valence-electron chi connectivity index (χ1n) is 6.71. The van der Waals surface area contributed by atoms with E-state index in [-0.39, 0.29) is 11.8 Å². The zero-order valence-corrected chi connectivity index (χ0v) is 12.3. The molecule has 1 aromatic carbocycles. The zero-order chi connectivity index (χ0) is 13.8. The summed E-state index contributed by atoms with van der Waals surface area (Å²) in [7, 11) is 0. The lowest BCUT2D eigenvalue weighted by Crippen LogP contribution is -2.25. The zero-order valence-electron chi connectivity index (χ0n) is 11.5. The average molecular weight is 279 g/mol. The number of thioether (sulfide) groups is 1. The van der Waals surface area contributed by atoms with Crippen molar-refractivity contribution in [1.29, 1.82) is 0 Å². The molecule has 3 nitrogen and oxygen atoms in total. The molecule has 1 aliphatic rings. The highest BCUT2D eigenvalue weighted by Crippen LogP contribution is 2.24. The van der Waals surface area contributed by atoms with Gasteiger partial charge in [-0.1, -0.05) is 24.6 Å². The number of carbonyl (C=O) groups is 1. The summed E-state index contributed by atoms with van der Waals surface area (Å²) < 4.78 is 0. The number of benzene rings is 1. The Morgan fingerprint density at radius 1 is 1.37 bits per heavy atom. The standard InChI is InChI=1S/C15H21NO2S/c1-11-3-5-13(6-4-11)19-8-7-16-9-12(2)14(10-16)15(17)18/h3-6,12,14H,7-10H2,1-2H3,(H,17,18)/t12-,14-/m1/s1. The minimum absolute atomic E-state index is 0.190. The van der Waals surface area contributed by atoms with Crippen molar-refractivity contribution >= 4 is 17.7 Å². The molecule has 0 saturated carbocycles. The second-order valence-corrected chi connectivity index (χ2v) is 6.51. The molecule has 0 radical (unpaired) electrons. The Hall–Kier alpha value is -1.00. The number of carboxylic acid groups (broad SMARTS) is 1. The third-order valence-corrected chi connectivity index (χ3v) is 4.69. The fourth-order valence-corrected chi connectivity index (χ4v) is 3.41. The number of hydrogen-bond donors (Lipinski definition) is 1. The minimum atomic E-state index is -0.652. The van der Waals surface area contributed by atoms with Crippen molar-refractivity contribution in [3.8, 4) is 0 Å². The van der Waals surface area contributed by atoms with Crippen molar-refractivity contribution in [2.75, 3.05) is 25.4 Å².